The first kappa shape index (κ1) is 12.0. The average molecular weight is 200 g/mol. The molecule has 1 aliphatic rings. The number of hydrogen-bond acceptors (Lipinski definition) is 3. The molecule has 3 heteroatoms. The number of hydrogen-bond donors (Lipinski definition) is 1. The van der Waals surface area contributed by atoms with Gasteiger partial charge < -0.3 is 15.4 Å². The van der Waals surface area contributed by atoms with Crippen LogP contribution in [0, 0.1) is 5.92 Å². The number of rotatable bonds is 5. The summed E-state index contributed by atoms with van der Waals surface area (Å²) in [5.74, 6) is 0.700. The second-order valence-electron chi connectivity index (χ2n) is 4.46. The number of ether oxygens (including phenoxy) is 1. The van der Waals surface area contributed by atoms with Crippen LogP contribution in [0.3, 0.4) is 0 Å². The van der Waals surface area contributed by atoms with Gasteiger partial charge >= 0.3 is 0 Å². The van der Waals surface area contributed by atoms with Gasteiger partial charge in [0, 0.05) is 26.2 Å². The third-order valence-corrected chi connectivity index (χ3v) is 3.19. The topological polar surface area (TPSA) is 38.5 Å². The smallest absolute Gasteiger partial charge is 0.0589 e. The van der Waals surface area contributed by atoms with E-state index in [9.17, 15) is 0 Å². The van der Waals surface area contributed by atoms with E-state index in [1.165, 1.54) is 25.7 Å². The molecule has 14 heavy (non-hydrogen) atoms. The fourth-order valence-corrected chi connectivity index (χ4v) is 2.20. The van der Waals surface area contributed by atoms with Crippen LogP contribution in [0.4, 0.5) is 0 Å². The zero-order chi connectivity index (χ0) is 10.4. The summed E-state index contributed by atoms with van der Waals surface area (Å²) in [7, 11) is 3.90. The van der Waals surface area contributed by atoms with E-state index in [0.717, 1.165) is 19.7 Å². The first-order chi connectivity index (χ1) is 6.74. The summed E-state index contributed by atoms with van der Waals surface area (Å²) in [4.78, 5) is 2.33. The van der Waals surface area contributed by atoms with Gasteiger partial charge in [0.15, 0.2) is 0 Å². The second kappa shape index (κ2) is 6.38. The molecule has 3 nitrogen and oxygen atoms in total. The van der Waals surface area contributed by atoms with Gasteiger partial charge in [-0.1, -0.05) is 12.8 Å². The van der Waals surface area contributed by atoms with E-state index in [4.69, 9.17) is 10.5 Å². The van der Waals surface area contributed by atoms with E-state index in [0.29, 0.717) is 12.0 Å². The minimum atomic E-state index is 0.425. The van der Waals surface area contributed by atoms with Gasteiger partial charge in [0.2, 0.25) is 0 Å². The van der Waals surface area contributed by atoms with Gasteiger partial charge in [-0.15, -0.1) is 0 Å². The average Bonchev–Trinajstić information content (AvgIpc) is 2.18. The Morgan fingerprint density at radius 2 is 2.07 bits per heavy atom. The molecule has 0 aliphatic heterocycles. The Balaban J connectivity index is 2.20. The third kappa shape index (κ3) is 3.95. The number of nitrogens with two attached hydrogens (primary N) is 1. The molecule has 2 N–H and O–H groups in total. The summed E-state index contributed by atoms with van der Waals surface area (Å²) in [5.41, 5.74) is 6.10. The van der Waals surface area contributed by atoms with Crippen LogP contribution in [0.15, 0.2) is 0 Å². The largest absolute Gasteiger partial charge is 0.383 e. The van der Waals surface area contributed by atoms with Crippen molar-refractivity contribution in [2.75, 3.05) is 33.9 Å². The lowest BCUT2D eigenvalue weighted by Crippen LogP contribution is -2.40. The lowest BCUT2D eigenvalue weighted by atomic mass is 9.85. The molecule has 2 unspecified atom stereocenters. The molecule has 0 amide bonds. The molecule has 0 spiro atoms. The molecule has 1 saturated carbocycles. The van der Waals surface area contributed by atoms with E-state index in [1.54, 1.807) is 7.11 Å². The monoisotopic (exact) mass is 200 g/mol. The van der Waals surface area contributed by atoms with Gasteiger partial charge in [0.1, 0.15) is 0 Å². The normalized spacial score (nSPS) is 28.3. The summed E-state index contributed by atoms with van der Waals surface area (Å²) >= 11 is 0. The van der Waals surface area contributed by atoms with Crippen LogP contribution in [0.25, 0.3) is 0 Å². The zero-order valence-corrected chi connectivity index (χ0v) is 9.54. The zero-order valence-electron chi connectivity index (χ0n) is 9.54. The van der Waals surface area contributed by atoms with E-state index in [2.05, 4.69) is 11.9 Å². The molecule has 0 saturated heterocycles. The molecule has 0 aromatic rings. The molecule has 1 aliphatic carbocycles. The maximum atomic E-state index is 6.10. The number of nitrogens with zero attached hydrogens (tertiary/aromatic N) is 1. The SMILES string of the molecule is COCCN(C)CC1CCCCC1N. The highest BCUT2D eigenvalue weighted by Crippen LogP contribution is 2.23. The number of methoxy groups -OCH3 is 1. The van der Waals surface area contributed by atoms with Crippen molar-refractivity contribution in [1.29, 1.82) is 0 Å². The van der Waals surface area contributed by atoms with Crippen molar-refractivity contribution >= 4 is 0 Å². The van der Waals surface area contributed by atoms with Crippen LogP contribution >= 0.6 is 0 Å². The van der Waals surface area contributed by atoms with Crippen molar-refractivity contribution in [2.45, 2.75) is 31.7 Å². The standard InChI is InChI=1S/C11H24N2O/c1-13(7-8-14-2)9-10-5-3-4-6-11(10)12/h10-11H,3-9,12H2,1-2H3. The first-order valence-corrected chi connectivity index (χ1v) is 5.67. The number of likely N-dealkylation sites (N-methyl/N-ethyl adjacent to an activating group) is 1. The maximum Gasteiger partial charge on any atom is 0.0589 e. The summed E-state index contributed by atoms with van der Waals surface area (Å²) in [6, 6.07) is 0.425. The Morgan fingerprint density at radius 3 is 2.71 bits per heavy atom. The predicted molar refractivity (Wildman–Crippen MR) is 59.3 cm³/mol. The van der Waals surface area contributed by atoms with Gasteiger partial charge in [-0.25, -0.2) is 0 Å². The molecular weight excluding hydrogens is 176 g/mol. The Bertz CT molecular complexity index is 152. The minimum absolute atomic E-state index is 0.425. The quantitative estimate of drug-likeness (QED) is 0.722. The lowest BCUT2D eigenvalue weighted by molar-refractivity contribution is 0.140. The second-order valence-corrected chi connectivity index (χ2v) is 4.46. The fourth-order valence-electron chi connectivity index (χ4n) is 2.20. The summed E-state index contributed by atoms with van der Waals surface area (Å²) < 4.78 is 5.06. The van der Waals surface area contributed by atoms with Gasteiger partial charge in [-0.05, 0) is 25.8 Å². The van der Waals surface area contributed by atoms with Crippen LogP contribution in [-0.2, 0) is 4.74 Å². The van der Waals surface area contributed by atoms with E-state index < -0.39 is 0 Å². The Labute approximate surface area is 87.6 Å². The summed E-state index contributed by atoms with van der Waals surface area (Å²) in [5, 5.41) is 0. The Morgan fingerprint density at radius 1 is 1.36 bits per heavy atom. The van der Waals surface area contributed by atoms with Gasteiger partial charge in [0.05, 0.1) is 6.61 Å². The van der Waals surface area contributed by atoms with E-state index >= 15 is 0 Å². The Hall–Kier alpha value is -0.120. The molecule has 1 fully saturated rings. The van der Waals surface area contributed by atoms with Crippen molar-refractivity contribution in [2.24, 2.45) is 11.7 Å². The highest BCUT2D eigenvalue weighted by molar-refractivity contribution is 4.79. The van der Waals surface area contributed by atoms with E-state index in [1.807, 2.05) is 0 Å². The third-order valence-electron chi connectivity index (χ3n) is 3.19. The first-order valence-electron chi connectivity index (χ1n) is 5.67. The van der Waals surface area contributed by atoms with Crippen molar-refractivity contribution in [1.82, 2.24) is 4.90 Å². The molecule has 0 aromatic heterocycles. The Kier molecular flexibility index (Phi) is 5.45. The lowest BCUT2D eigenvalue weighted by Gasteiger charge is -2.31. The van der Waals surface area contributed by atoms with E-state index in [-0.39, 0.29) is 0 Å². The summed E-state index contributed by atoms with van der Waals surface area (Å²) in [6.07, 6.45) is 5.19. The van der Waals surface area contributed by atoms with Crippen molar-refractivity contribution < 1.29 is 4.74 Å². The molecule has 0 bridgehead atoms. The molecule has 2 atom stereocenters. The van der Waals surface area contributed by atoms with Crippen LogP contribution in [0.1, 0.15) is 25.7 Å². The minimum Gasteiger partial charge on any atom is -0.383 e. The van der Waals surface area contributed by atoms with Gasteiger partial charge in [0.25, 0.3) is 0 Å². The molecule has 1 rings (SSSR count). The van der Waals surface area contributed by atoms with Gasteiger partial charge in [-0.3, -0.25) is 0 Å². The molecule has 0 heterocycles. The maximum absolute atomic E-state index is 6.10. The van der Waals surface area contributed by atoms with Crippen molar-refractivity contribution in [3.63, 3.8) is 0 Å². The molecular formula is C11H24N2O. The van der Waals surface area contributed by atoms with Crippen molar-refractivity contribution in [3.8, 4) is 0 Å². The van der Waals surface area contributed by atoms with Crippen LogP contribution in [0.2, 0.25) is 0 Å². The summed E-state index contributed by atoms with van der Waals surface area (Å²) in [6.45, 7) is 2.96. The highest BCUT2D eigenvalue weighted by atomic mass is 16.5. The van der Waals surface area contributed by atoms with Crippen LogP contribution in [-0.4, -0.2) is 44.8 Å². The van der Waals surface area contributed by atoms with Gasteiger partial charge in [-0.2, -0.15) is 0 Å². The van der Waals surface area contributed by atoms with Crippen molar-refractivity contribution in [3.05, 3.63) is 0 Å². The highest BCUT2D eigenvalue weighted by Gasteiger charge is 2.22. The molecule has 84 valence electrons. The molecule has 0 aromatic carbocycles. The predicted octanol–water partition coefficient (Wildman–Crippen LogP) is 1.08. The van der Waals surface area contributed by atoms with Crippen LogP contribution < -0.4 is 5.73 Å². The van der Waals surface area contributed by atoms with Crippen LogP contribution in [0.5, 0.6) is 0 Å². The molecule has 0 radical (unpaired) electrons. The fraction of sp³-hybridized carbons (Fsp3) is 1.00.